The van der Waals surface area contributed by atoms with Gasteiger partial charge in [0, 0.05) is 17.3 Å². The van der Waals surface area contributed by atoms with Crippen molar-refractivity contribution in [1.82, 2.24) is 0 Å². The second-order valence-corrected chi connectivity index (χ2v) is 9.11. The number of anilines is 2. The van der Waals surface area contributed by atoms with E-state index in [4.69, 9.17) is 9.47 Å². The Hall–Kier alpha value is -3.52. The molecule has 7 nitrogen and oxygen atoms in total. The molecule has 0 aliphatic heterocycles. The second-order valence-electron chi connectivity index (χ2n) is 7.43. The van der Waals surface area contributed by atoms with Gasteiger partial charge in [-0.25, -0.2) is 8.42 Å². The smallest absolute Gasteiger partial charge is 0.261 e. The summed E-state index contributed by atoms with van der Waals surface area (Å²) in [5.74, 6) is 0.637. The first-order valence-electron chi connectivity index (χ1n) is 10.6. The van der Waals surface area contributed by atoms with Gasteiger partial charge in [-0.05, 0) is 75.2 Å². The Morgan fingerprint density at radius 2 is 1.67 bits per heavy atom. The maximum Gasteiger partial charge on any atom is 0.261 e. The van der Waals surface area contributed by atoms with E-state index in [1.165, 1.54) is 12.1 Å². The number of carbonyl (C=O) groups excluding carboxylic acids is 1. The molecule has 2 N–H and O–H groups in total. The number of hydrogen-bond donors (Lipinski definition) is 2. The number of nitrogens with one attached hydrogen (secondary N) is 2. The van der Waals surface area contributed by atoms with Crippen LogP contribution in [0.25, 0.3) is 0 Å². The van der Waals surface area contributed by atoms with E-state index >= 15 is 0 Å². The number of carbonyl (C=O) groups is 1. The molecule has 0 heterocycles. The number of ether oxygens (including phenoxy) is 2. The van der Waals surface area contributed by atoms with Crippen molar-refractivity contribution in [2.24, 2.45) is 0 Å². The van der Waals surface area contributed by atoms with Crippen molar-refractivity contribution in [3.63, 3.8) is 0 Å². The quantitative estimate of drug-likeness (QED) is 0.453. The van der Waals surface area contributed by atoms with Crippen LogP contribution in [-0.4, -0.2) is 27.5 Å². The third kappa shape index (κ3) is 6.04. The molecule has 0 radical (unpaired) electrons. The summed E-state index contributed by atoms with van der Waals surface area (Å²) in [6.45, 7) is 8.25. The average Bonchev–Trinajstić information content (AvgIpc) is 2.75. The largest absolute Gasteiger partial charge is 0.494 e. The molecule has 1 amide bonds. The summed E-state index contributed by atoms with van der Waals surface area (Å²) < 4.78 is 39.6. The lowest BCUT2D eigenvalue weighted by Crippen LogP contribution is -2.17. The fourth-order valence-corrected chi connectivity index (χ4v) is 4.35. The number of benzene rings is 3. The first-order valence-corrected chi connectivity index (χ1v) is 12.1. The summed E-state index contributed by atoms with van der Waals surface area (Å²) in [6, 6.07) is 16.7. The highest BCUT2D eigenvalue weighted by atomic mass is 32.2. The van der Waals surface area contributed by atoms with Crippen molar-refractivity contribution in [3.8, 4) is 11.5 Å². The van der Waals surface area contributed by atoms with Gasteiger partial charge in [0.05, 0.1) is 23.8 Å². The third-order valence-electron chi connectivity index (χ3n) is 4.84. The summed E-state index contributed by atoms with van der Waals surface area (Å²) in [5, 5.41) is 2.83. The van der Waals surface area contributed by atoms with E-state index in [0.29, 0.717) is 41.7 Å². The van der Waals surface area contributed by atoms with Gasteiger partial charge in [0.1, 0.15) is 11.5 Å². The molecule has 0 aliphatic carbocycles. The summed E-state index contributed by atoms with van der Waals surface area (Å²) in [7, 11) is -3.88. The van der Waals surface area contributed by atoms with Crippen LogP contribution in [0.5, 0.6) is 11.5 Å². The molecular weight excluding hydrogens is 440 g/mol. The van der Waals surface area contributed by atoms with Gasteiger partial charge in [0.2, 0.25) is 0 Å². The van der Waals surface area contributed by atoms with Crippen molar-refractivity contribution in [3.05, 3.63) is 77.4 Å². The van der Waals surface area contributed by atoms with Crippen LogP contribution in [0.1, 0.15) is 35.3 Å². The molecular formula is C25H28N2O5S. The van der Waals surface area contributed by atoms with Gasteiger partial charge in [-0.3, -0.25) is 9.52 Å². The zero-order chi connectivity index (χ0) is 24.0. The maximum atomic E-state index is 13.1. The van der Waals surface area contributed by atoms with Crippen LogP contribution in [-0.2, 0) is 10.0 Å². The highest BCUT2D eigenvalue weighted by Gasteiger charge is 2.19. The van der Waals surface area contributed by atoms with Crippen molar-refractivity contribution in [1.29, 1.82) is 0 Å². The van der Waals surface area contributed by atoms with Crippen molar-refractivity contribution < 1.29 is 22.7 Å². The molecule has 0 aromatic heterocycles. The summed E-state index contributed by atoms with van der Waals surface area (Å²) in [5.41, 5.74) is 2.71. The summed E-state index contributed by atoms with van der Waals surface area (Å²) in [6.07, 6.45) is 0. The van der Waals surface area contributed by atoms with Crippen molar-refractivity contribution in [2.75, 3.05) is 23.3 Å². The Bertz CT molecular complexity index is 1260. The van der Waals surface area contributed by atoms with Gasteiger partial charge >= 0.3 is 0 Å². The van der Waals surface area contributed by atoms with Gasteiger partial charge in [0.15, 0.2) is 0 Å². The zero-order valence-corrected chi connectivity index (χ0v) is 20.0. The Kier molecular flexibility index (Phi) is 7.60. The molecule has 0 saturated heterocycles. The van der Waals surface area contributed by atoms with Crippen LogP contribution in [0.3, 0.4) is 0 Å². The molecule has 3 rings (SSSR count). The molecule has 0 unspecified atom stereocenters. The molecule has 33 heavy (non-hydrogen) atoms. The first-order chi connectivity index (χ1) is 15.7. The first kappa shape index (κ1) is 24.1. The fourth-order valence-electron chi connectivity index (χ4n) is 3.27. The second kappa shape index (κ2) is 10.4. The number of sulfonamides is 1. The van der Waals surface area contributed by atoms with E-state index in [1.807, 2.05) is 26.8 Å². The van der Waals surface area contributed by atoms with E-state index in [1.54, 1.807) is 49.4 Å². The lowest BCUT2D eigenvalue weighted by molar-refractivity contribution is 0.102. The van der Waals surface area contributed by atoms with E-state index in [2.05, 4.69) is 10.0 Å². The highest BCUT2D eigenvalue weighted by molar-refractivity contribution is 7.92. The van der Waals surface area contributed by atoms with Crippen LogP contribution in [0, 0.1) is 13.8 Å². The Morgan fingerprint density at radius 3 is 2.36 bits per heavy atom. The zero-order valence-electron chi connectivity index (χ0n) is 19.1. The molecule has 0 bridgehead atoms. The van der Waals surface area contributed by atoms with Crippen LogP contribution < -0.4 is 19.5 Å². The van der Waals surface area contributed by atoms with E-state index in [-0.39, 0.29) is 10.5 Å². The predicted molar refractivity (Wildman–Crippen MR) is 130 cm³/mol. The Morgan fingerprint density at radius 1 is 0.909 bits per heavy atom. The average molecular weight is 469 g/mol. The Balaban J connectivity index is 1.90. The van der Waals surface area contributed by atoms with Gasteiger partial charge in [-0.15, -0.1) is 0 Å². The monoisotopic (exact) mass is 468 g/mol. The molecule has 0 atom stereocenters. The van der Waals surface area contributed by atoms with E-state index in [0.717, 1.165) is 5.56 Å². The normalized spacial score (nSPS) is 11.0. The van der Waals surface area contributed by atoms with E-state index in [9.17, 15) is 13.2 Å². The molecule has 0 saturated carbocycles. The number of rotatable bonds is 9. The van der Waals surface area contributed by atoms with Crippen LogP contribution >= 0.6 is 0 Å². The van der Waals surface area contributed by atoms with Gasteiger partial charge in [0.25, 0.3) is 15.9 Å². The predicted octanol–water partition coefficient (Wildman–Crippen LogP) is 5.15. The van der Waals surface area contributed by atoms with Crippen molar-refractivity contribution in [2.45, 2.75) is 32.6 Å². The molecule has 174 valence electrons. The van der Waals surface area contributed by atoms with Gasteiger partial charge < -0.3 is 14.8 Å². The molecule has 0 spiro atoms. The van der Waals surface area contributed by atoms with Crippen molar-refractivity contribution >= 4 is 27.3 Å². The van der Waals surface area contributed by atoms with Crippen LogP contribution in [0.15, 0.2) is 65.6 Å². The topological polar surface area (TPSA) is 93.7 Å². The number of hydrogen-bond acceptors (Lipinski definition) is 5. The number of amides is 1. The Labute approximate surface area is 194 Å². The minimum Gasteiger partial charge on any atom is -0.494 e. The minimum absolute atomic E-state index is 0.00662. The standard InChI is InChI=1S/C25H28N2O5S/c1-5-31-20-11-13-24(32-6-2)23(15-20)26-25(28)22-16-21(12-10-18(22)4)33(29,30)27-19-9-7-8-17(3)14-19/h7-16,27H,5-6H2,1-4H3,(H,26,28). The molecule has 3 aromatic carbocycles. The number of aryl methyl sites for hydroxylation is 2. The molecule has 0 aliphatic rings. The molecule has 8 heteroatoms. The maximum absolute atomic E-state index is 13.1. The SMILES string of the molecule is CCOc1ccc(OCC)c(NC(=O)c2cc(S(=O)(=O)Nc3cccc(C)c3)ccc2C)c1. The van der Waals surface area contributed by atoms with Gasteiger partial charge in [-0.1, -0.05) is 18.2 Å². The summed E-state index contributed by atoms with van der Waals surface area (Å²) >= 11 is 0. The molecule has 3 aromatic rings. The minimum atomic E-state index is -3.88. The lowest BCUT2D eigenvalue weighted by atomic mass is 10.1. The lowest BCUT2D eigenvalue weighted by Gasteiger charge is -2.15. The third-order valence-corrected chi connectivity index (χ3v) is 6.22. The molecule has 0 fully saturated rings. The van der Waals surface area contributed by atoms with Crippen LogP contribution in [0.2, 0.25) is 0 Å². The highest BCUT2D eigenvalue weighted by Crippen LogP contribution is 2.30. The summed E-state index contributed by atoms with van der Waals surface area (Å²) in [4.78, 5) is 13.1. The fraction of sp³-hybridized carbons (Fsp3) is 0.240. The van der Waals surface area contributed by atoms with Crippen LogP contribution in [0.4, 0.5) is 11.4 Å². The van der Waals surface area contributed by atoms with Gasteiger partial charge in [-0.2, -0.15) is 0 Å². The van der Waals surface area contributed by atoms with E-state index < -0.39 is 15.9 Å².